The van der Waals surface area contributed by atoms with Crippen LogP contribution in [0.15, 0.2) is 84.6 Å². The number of amides is 2. The lowest BCUT2D eigenvalue weighted by atomic mass is 10.1. The van der Waals surface area contributed by atoms with Crippen LogP contribution >= 0.6 is 0 Å². The molecule has 3 rings (SSSR count). The highest BCUT2D eigenvalue weighted by Crippen LogP contribution is 2.20. The number of rotatable bonds is 8. The van der Waals surface area contributed by atoms with Gasteiger partial charge in [0.25, 0.3) is 11.6 Å². The molecule has 3 aromatic carbocycles. The number of carbonyl (C=O) groups excluding carboxylic acids is 2. The number of benzene rings is 3. The van der Waals surface area contributed by atoms with Gasteiger partial charge in [0.2, 0.25) is 5.91 Å². The Labute approximate surface area is 184 Å². The van der Waals surface area contributed by atoms with Crippen LogP contribution in [0.2, 0.25) is 0 Å². The van der Waals surface area contributed by atoms with Crippen molar-refractivity contribution in [3.63, 3.8) is 0 Å². The van der Waals surface area contributed by atoms with Crippen LogP contribution in [0.1, 0.15) is 18.1 Å². The summed E-state index contributed by atoms with van der Waals surface area (Å²) in [7, 11) is 0. The molecule has 0 saturated heterocycles. The monoisotopic (exact) mass is 431 g/mol. The highest BCUT2D eigenvalue weighted by molar-refractivity contribution is 6.08. The van der Waals surface area contributed by atoms with E-state index < -0.39 is 16.7 Å². The molecule has 0 aliphatic carbocycles. The summed E-state index contributed by atoms with van der Waals surface area (Å²) in [5.74, 6) is -0.459. The molecular formula is C24H21N3O5. The van der Waals surface area contributed by atoms with Crippen molar-refractivity contribution in [2.45, 2.75) is 13.5 Å². The van der Waals surface area contributed by atoms with E-state index in [9.17, 15) is 19.7 Å². The second-order valence-corrected chi connectivity index (χ2v) is 6.85. The Hall–Kier alpha value is -4.46. The predicted molar refractivity (Wildman–Crippen MR) is 121 cm³/mol. The van der Waals surface area contributed by atoms with Gasteiger partial charge in [-0.25, -0.2) is 0 Å². The fourth-order valence-electron chi connectivity index (χ4n) is 2.85. The van der Waals surface area contributed by atoms with Crippen molar-refractivity contribution in [1.29, 1.82) is 0 Å². The Morgan fingerprint density at radius 3 is 2.47 bits per heavy atom. The summed E-state index contributed by atoms with van der Waals surface area (Å²) in [5, 5.41) is 16.2. The number of non-ortho nitro benzene ring substituents is 1. The molecule has 0 fully saturated rings. The maximum atomic E-state index is 12.8. The molecule has 0 heterocycles. The zero-order chi connectivity index (χ0) is 22.9. The number of ether oxygens (including phenoxy) is 1. The van der Waals surface area contributed by atoms with Crippen molar-refractivity contribution < 1.29 is 19.2 Å². The van der Waals surface area contributed by atoms with Crippen LogP contribution in [0, 0.1) is 10.1 Å². The number of hydrogen-bond donors (Lipinski definition) is 2. The highest BCUT2D eigenvalue weighted by Gasteiger charge is 2.13. The molecule has 162 valence electrons. The van der Waals surface area contributed by atoms with E-state index in [0.29, 0.717) is 23.6 Å². The molecule has 3 aromatic rings. The van der Waals surface area contributed by atoms with Gasteiger partial charge >= 0.3 is 0 Å². The number of nitro benzene ring substituents is 1. The van der Waals surface area contributed by atoms with Crippen molar-refractivity contribution in [2.75, 3.05) is 5.32 Å². The van der Waals surface area contributed by atoms with Gasteiger partial charge in [0.1, 0.15) is 18.1 Å². The SMILES string of the molecule is CC(=O)N/C(=C/c1cccc([N+](=O)[O-])c1)C(=O)Nc1cccc(OCc2ccccc2)c1. The van der Waals surface area contributed by atoms with Crippen LogP contribution in [-0.2, 0) is 16.2 Å². The second-order valence-electron chi connectivity index (χ2n) is 6.85. The molecule has 2 N–H and O–H groups in total. The standard InChI is InChI=1S/C24H21N3O5/c1-17(28)25-23(14-19-9-5-11-21(13-19)27(30)31)24(29)26-20-10-6-12-22(15-20)32-16-18-7-3-2-4-8-18/h2-15H,16H2,1H3,(H,25,28)(H,26,29)/b23-14+. The first kappa shape index (κ1) is 22.2. The maximum absolute atomic E-state index is 12.8. The molecule has 0 aliphatic rings. The summed E-state index contributed by atoms with van der Waals surface area (Å²) in [6.07, 6.45) is 1.37. The molecule has 2 amide bonds. The molecule has 32 heavy (non-hydrogen) atoms. The lowest BCUT2D eigenvalue weighted by molar-refractivity contribution is -0.384. The first-order chi connectivity index (χ1) is 15.4. The Bertz CT molecular complexity index is 1160. The van der Waals surface area contributed by atoms with Crippen molar-refractivity contribution in [3.05, 3.63) is 106 Å². The zero-order valence-corrected chi connectivity index (χ0v) is 17.3. The number of nitrogens with zero attached hydrogens (tertiary/aromatic N) is 1. The van der Waals surface area contributed by atoms with E-state index in [2.05, 4.69) is 10.6 Å². The lowest BCUT2D eigenvalue weighted by Crippen LogP contribution is -2.28. The summed E-state index contributed by atoms with van der Waals surface area (Å²) < 4.78 is 5.77. The Kier molecular flexibility index (Phi) is 7.32. The number of carbonyl (C=O) groups is 2. The molecule has 0 atom stereocenters. The van der Waals surface area contributed by atoms with Gasteiger partial charge < -0.3 is 15.4 Å². The summed E-state index contributed by atoms with van der Waals surface area (Å²) in [6, 6.07) is 22.3. The zero-order valence-electron chi connectivity index (χ0n) is 17.3. The largest absolute Gasteiger partial charge is 0.489 e. The Balaban J connectivity index is 1.75. The quantitative estimate of drug-likeness (QED) is 0.314. The predicted octanol–water partition coefficient (Wildman–Crippen LogP) is 4.29. The van der Waals surface area contributed by atoms with Crippen LogP contribution in [0.4, 0.5) is 11.4 Å². The van der Waals surface area contributed by atoms with Gasteiger partial charge in [0.15, 0.2) is 0 Å². The van der Waals surface area contributed by atoms with Crippen LogP contribution in [0.5, 0.6) is 5.75 Å². The van der Waals surface area contributed by atoms with Gasteiger partial charge in [-0.1, -0.05) is 48.5 Å². The average molecular weight is 431 g/mol. The number of nitro groups is 1. The fraction of sp³-hybridized carbons (Fsp3) is 0.0833. The first-order valence-electron chi connectivity index (χ1n) is 9.72. The van der Waals surface area contributed by atoms with Crippen LogP contribution in [-0.4, -0.2) is 16.7 Å². The van der Waals surface area contributed by atoms with E-state index in [1.165, 1.54) is 31.2 Å². The molecule has 0 bridgehead atoms. The minimum Gasteiger partial charge on any atom is -0.489 e. The van der Waals surface area contributed by atoms with Gasteiger partial charge in [0.05, 0.1) is 4.92 Å². The summed E-state index contributed by atoms with van der Waals surface area (Å²) in [6.45, 7) is 1.65. The van der Waals surface area contributed by atoms with Crippen molar-refractivity contribution in [2.24, 2.45) is 0 Å². The number of anilines is 1. The van der Waals surface area contributed by atoms with Crippen molar-refractivity contribution in [1.82, 2.24) is 5.32 Å². The van der Waals surface area contributed by atoms with E-state index in [0.717, 1.165) is 5.56 Å². The summed E-state index contributed by atoms with van der Waals surface area (Å²) in [4.78, 5) is 34.8. The van der Waals surface area contributed by atoms with Crippen molar-refractivity contribution >= 4 is 29.3 Å². The molecule has 0 unspecified atom stereocenters. The highest BCUT2D eigenvalue weighted by atomic mass is 16.6. The normalized spacial score (nSPS) is 10.8. The topological polar surface area (TPSA) is 111 Å². The van der Waals surface area contributed by atoms with E-state index in [1.54, 1.807) is 30.3 Å². The van der Waals surface area contributed by atoms with Gasteiger partial charge in [0, 0.05) is 30.8 Å². The van der Waals surface area contributed by atoms with E-state index >= 15 is 0 Å². The number of hydrogen-bond acceptors (Lipinski definition) is 5. The third-order valence-corrected chi connectivity index (χ3v) is 4.29. The average Bonchev–Trinajstić information content (AvgIpc) is 2.78. The van der Waals surface area contributed by atoms with Crippen LogP contribution < -0.4 is 15.4 Å². The van der Waals surface area contributed by atoms with Gasteiger partial charge in [-0.3, -0.25) is 19.7 Å². The van der Waals surface area contributed by atoms with E-state index in [-0.39, 0.29) is 11.4 Å². The maximum Gasteiger partial charge on any atom is 0.272 e. The molecule has 8 heteroatoms. The molecular weight excluding hydrogens is 410 g/mol. The smallest absolute Gasteiger partial charge is 0.272 e. The molecule has 0 radical (unpaired) electrons. The van der Waals surface area contributed by atoms with Gasteiger partial charge in [-0.05, 0) is 29.3 Å². The molecule has 8 nitrogen and oxygen atoms in total. The minimum atomic E-state index is -0.577. The summed E-state index contributed by atoms with van der Waals surface area (Å²) in [5.41, 5.74) is 1.71. The summed E-state index contributed by atoms with van der Waals surface area (Å²) >= 11 is 0. The molecule has 0 spiro atoms. The second kappa shape index (κ2) is 10.5. The van der Waals surface area contributed by atoms with Crippen molar-refractivity contribution in [3.8, 4) is 5.75 Å². The van der Waals surface area contributed by atoms with Crippen LogP contribution in [0.3, 0.4) is 0 Å². The van der Waals surface area contributed by atoms with E-state index in [1.807, 2.05) is 30.3 Å². The third kappa shape index (κ3) is 6.53. The third-order valence-electron chi connectivity index (χ3n) is 4.29. The Morgan fingerprint density at radius 2 is 1.75 bits per heavy atom. The first-order valence-corrected chi connectivity index (χ1v) is 9.72. The van der Waals surface area contributed by atoms with E-state index in [4.69, 9.17) is 4.74 Å². The molecule has 0 aromatic heterocycles. The lowest BCUT2D eigenvalue weighted by Gasteiger charge is -2.12. The molecule has 0 saturated carbocycles. The number of nitrogens with one attached hydrogen (secondary N) is 2. The van der Waals surface area contributed by atoms with Gasteiger partial charge in [-0.2, -0.15) is 0 Å². The van der Waals surface area contributed by atoms with Crippen LogP contribution in [0.25, 0.3) is 6.08 Å². The fourth-order valence-corrected chi connectivity index (χ4v) is 2.85. The van der Waals surface area contributed by atoms with Gasteiger partial charge in [-0.15, -0.1) is 0 Å². The molecule has 0 aliphatic heterocycles. The Morgan fingerprint density at radius 1 is 1.00 bits per heavy atom. The minimum absolute atomic E-state index is 0.0476.